The van der Waals surface area contributed by atoms with Gasteiger partial charge in [0, 0.05) is 23.4 Å². The van der Waals surface area contributed by atoms with Crippen molar-refractivity contribution in [2.24, 2.45) is 5.92 Å². The number of unbranched alkanes of at least 4 members (excludes halogenated alkanes) is 1. The van der Waals surface area contributed by atoms with E-state index in [2.05, 4.69) is 174 Å². The normalized spacial score (nSPS) is 30.0. The number of hydrogen-bond acceptors (Lipinski definition) is 11. The van der Waals surface area contributed by atoms with E-state index in [4.69, 9.17) is 36.7 Å². The van der Waals surface area contributed by atoms with Gasteiger partial charge in [0.15, 0.2) is 33.3 Å². The lowest BCUT2D eigenvalue weighted by Gasteiger charge is -2.56. The Labute approximate surface area is 465 Å². The number of halogens is 4. The Hall–Kier alpha value is 0.298. The zero-order chi connectivity index (χ0) is 56.3. The predicted molar refractivity (Wildman–Crippen MR) is 311 cm³/mol. The predicted octanol–water partition coefficient (Wildman–Crippen LogP) is 15.3. The molecular weight excluding hydrogens is 1150 g/mol. The Morgan fingerprint density at radius 3 is 1.85 bits per heavy atom. The maximum absolute atomic E-state index is 13.0. The molecule has 1 radical (unpaired) electrons. The Morgan fingerprint density at radius 2 is 1.32 bits per heavy atom. The maximum atomic E-state index is 13.0. The molecule has 11 nitrogen and oxygen atoms in total. The van der Waals surface area contributed by atoms with E-state index in [9.17, 15) is 21.6 Å². The molecule has 4 heterocycles. The van der Waals surface area contributed by atoms with Gasteiger partial charge in [0.05, 0.1) is 36.6 Å². The van der Waals surface area contributed by atoms with Crippen molar-refractivity contribution in [3.05, 3.63) is 30.9 Å². The van der Waals surface area contributed by atoms with E-state index in [0.717, 1.165) is 56.7 Å². The van der Waals surface area contributed by atoms with Crippen molar-refractivity contribution in [3.8, 4) is 0 Å². The summed E-state index contributed by atoms with van der Waals surface area (Å²) in [6.45, 7) is 47.1. The number of allylic oxidation sites excluding steroid dienone is 2. The summed E-state index contributed by atoms with van der Waals surface area (Å²) in [6, 6.07) is 3.36. The van der Waals surface area contributed by atoms with Gasteiger partial charge in [0.1, 0.15) is 35.8 Å². The molecule has 0 aromatic rings. The number of hydrogen-bond donors (Lipinski definition) is 0. The molecule has 0 aromatic heterocycles. The van der Waals surface area contributed by atoms with Gasteiger partial charge in [-0.3, -0.25) is 0 Å². The summed E-state index contributed by atoms with van der Waals surface area (Å²) in [5.41, 5.74) is -6.09. The zero-order valence-electron chi connectivity index (χ0n) is 49.1. The van der Waals surface area contributed by atoms with Crippen LogP contribution in [0.2, 0.25) is 72.5 Å². The summed E-state index contributed by atoms with van der Waals surface area (Å²) in [7, 11) is -14.8. The van der Waals surface area contributed by atoms with Crippen LogP contribution in [-0.4, -0.2) is 125 Å². The first-order valence-corrected chi connectivity index (χ1v) is 42.0. The van der Waals surface area contributed by atoms with Gasteiger partial charge in [-0.25, -0.2) is 0 Å². The second-order valence-electron chi connectivity index (χ2n) is 26.6. The summed E-state index contributed by atoms with van der Waals surface area (Å²) in [4.78, 5) is 0. The fourth-order valence-corrected chi connectivity index (χ4v) is 18.0. The van der Waals surface area contributed by atoms with Crippen LogP contribution in [0.1, 0.15) is 148 Å². The summed E-state index contributed by atoms with van der Waals surface area (Å²) in [5.74, 6) is -1.13. The standard InChI is InChI=1S/C54H101F3IO11SSi4/c1-21-74(22-2,23-3)61-34-33-40-29-31-43-46(63-40)48(68-72(17,18)51(9,10)11)49(69-73(19,20)52(12,13)14)47(64-43)44(67-71(15,16)50(6,7)8)28-26-24-25-27-42-36-53(37-58)45(62-42)32-30-41(65-53)35-38(4)39(5)66-70(59,60)54(55,56)57/h24,26,28,38,40-49H,5,21-23,25,27,29-37H2,1-4,6-20H3/b28-26+/t38-,40-,41-,42+,43+,44+,45+,46+,47+,48+,49-,53-/m1/s1. The van der Waals surface area contributed by atoms with E-state index in [1.165, 1.54) is 0 Å². The average Bonchev–Trinajstić information content (AvgIpc) is 3.64. The highest BCUT2D eigenvalue weighted by Crippen LogP contribution is 2.49. The van der Waals surface area contributed by atoms with Crippen molar-refractivity contribution in [1.82, 2.24) is 0 Å². The molecule has 0 bridgehead atoms. The minimum atomic E-state index is -5.80. The van der Waals surface area contributed by atoms with Gasteiger partial charge in [0.25, 0.3) is 0 Å². The van der Waals surface area contributed by atoms with Gasteiger partial charge >= 0.3 is 15.6 Å². The van der Waals surface area contributed by atoms with E-state index in [0.29, 0.717) is 23.9 Å². The van der Waals surface area contributed by atoms with Gasteiger partial charge in [-0.15, -0.1) is 0 Å². The third-order valence-corrected chi connectivity index (χ3v) is 38.7. The van der Waals surface area contributed by atoms with Crippen molar-refractivity contribution < 1.29 is 62.4 Å². The molecule has 20 heteroatoms. The van der Waals surface area contributed by atoms with E-state index in [1.54, 1.807) is 6.92 Å². The molecule has 0 N–H and O–H groups in total. The highest BCUT2D eigenvalue weighted by Gasteiger charge is 2.58. The topological polar surface area (TPSA) is 117 Å². The molecule has 0 unspecified atom stereocenters. The Morgan fingerprint density at radius 1 is 0.770 bits per heavy atom. The number of alkyl halides is 4. The third-order valence-electron chi connectivity index (χ3n) is 18.3. The molecule has 0 spiro atoms. The highest BCUT2D eigenvalue weighted by molar-refractivity contribution is 14.1. The molecule has 12 atom stereocenters. The van der Waals surface area contributed by atoms with Gasteiger partial charge < -0.3 is 40.8 Å². The summed E-state index contributed by atoms with van der Waals surface area (Å²) < 4.78 is 125. The van der Waals surface area contributed by atoms with Crippen LogP contribution in [0.5, 0.6) is 0 Å². The molecule has 4 saturated heterocycles. The van der Waals surface area contributed by atoms with Crippen LogP contribution in [0.3, 0.4) is 0 Å². The first-order valence-electron chi connectivity index (χ1n) is 27.8. The maximum Gasteiger partial charge on any atom is 0.534 e. The lowest BCUT2D eigenvalue weighted by atomic mass is 9.85. The summed E-state index contributed by atoms with van der Waals surface area (Å²) in [5, 5.41) is -0.236. The third kappa shape index (κ3) is 16.5. The van der Waals surface area contributed by atoms with Crippen LogP contribution >= 0.6 is 22.6 Å². The van der Waals surface area contributed by atoms with Crippen LogP contribution in [-0.2, 0) is 51.0 Å². The van der Waals surface area contributed by atoms with Crippen molar-refractivity contribution in [1.29, 1.82) is 0 Å². The summed E-state index contributed by atoms with van der Waals surface area (Å²) >= 11 is 2.33. The Balaban J connectivity index is 1.61. The van der Waals surface area contributed by atoms with Crippen LogP contribution in [0.4, 0.5) is 13.2 Å². The number of rotatable bonds is 25. The van der Waals surface area contributed by atoms with E-state index in [1.807, 2.05) is 0 Å². The molecule has 4 aliphatic rings. The van der Waals surface area contributed by atoms with E-state index in [-0.39, 0.29) is 64.3 Å². The molecular formula is C54H101F3IO11SSi4. The van der Waals surface area contributed by atoms with Crippen LogP contribution in [0.15, 0.2) is 24.5 Å². The van der Waals surface area contributed by atoms with Crippen LogP contribution < -0.4 is 0 Å². The van der Waals surface area contributed by atoms with Crippen molar-refractivity contribution >= 4 is 66.0 Å². The molecule has 0 aromatic carbocycles. The number of ether oxygens (including phenoxy) is 4. The van der Waals surface area contributed by atoms with E-state index < -0.39 is 84.5 Å². The molecule has 74 heavy (non-hydrogen) atoms. The smallest absolute Gasteiger partial charge is 0.417 e. The van der Waals surface area contributed by atoms with Gasteiger partial charge in [-0.05, 0) is 130 Å². The Kier molecular flexibility index (Phi) is 23.1. The second-order valence-corrected chi connectivity index (χ2v) is 47.9. The van der Waals surface area contributed by atoms with Gasteiger partial charge in [-0.1, -0.05) is 131 Å². The minimum Gasteiger partial charge on any atom is -0.417 e. The Bertz CT molecular complexity index is 1940. The lowest BCUT2D eigenvalue weighted by molar-refractivity contribution is -0.267. The number of fused-ring (bicyclic) bond motifs is 2. The first kappa shape index (κ1) is 66.8. The van der Waals surface area contributed by atoms with Crippen molar-refractivity contribution in [3.63, 3.8) is 0 Å². The molecule has 0 aliphatic carbocycles. The molecule has 433 valence electrons. The fourth-order valence-electron chi connectivity index (χ4n) is 9.93. The van der Waals surface area contributed by atoms with E-state index >= 15 is 0 Å². The first-order chi connectivity index (χ1) is 33.7. The quantitative estimate of drug-likeness (QED) is 0.0165. The highest BCUT2D eigenvalue weighted by atomic mass is 127. The molecule has 0 saturated carbocycles. The largest absolute Gasteiger partial charge is 0.534 e. The van der Waals surface area contributed by atoms with Crippen molar-refractivity contribution in [2.75, 3.05) is 11.0 Å². The molecule has 4 aliphatic heterocycles. The van der Waals surface area contributed by atoms with Crippen LogP contribution in [0, 0.1) is 12.3 Å². The minimum absolute atomic E-state index is 0.0287. The lowest BCUT2D eigenvalue weighted by Crippen LogP contribution is -2.69. The monoisotopic (exact) mass is 1250 g/mol. The summed E-state index contributed by atoms with van der Waals surface area (Å²) in [6.07, 6.45) is 10.1. The molecule has 4 fully saturated rings. The van der Waals surface area contributed by atoms with Crippen LogP contribution in [0.25, 0.3) is 0 Å². The SMILES string of the molecule is C=C(OS(=O)(=O)C(F)(F)F)[C@H](C)C[C@H]1CC[C@@H]2O[C@@H](CC[CH]/C=C/[C@H](O[Si](C)(C)C(C)(C)C)[C@@H]3O[C@H]4CC[C@H](CCO[Si](CC)(CC)CC)O[C@@H]4[C@H](O[Si](C)(C)C(C)(C)C)[C@@H]3O[Si](C)(C)C(C)(C)C)C[C@]2(CI)O1. The second kappa shape index (κ2) is 25.6. The molecule has 0 amide bonds. The van der Waals surface area contributed by atoms with Gasteiger partial charge in [0.2, 0.25) is 0 Å². The zero-order valence-corrected chi connectivity index (χ0v) is 56.1. The molecule has 4 rings (SSSR count). The average molecular weight is 1250 g/mol. The fraction of sp³-hybridized carbons (Fsp3) is 0.907. The van der Waals surface area contributed by atoms with Gasteiger partial charge in [-0.2, -0.15) is 21.6 Å². The van der Waals surface area contributed by atoms with Crippen molar-refractivity contribution in [2.45, 2.75) is 292 Å².